The first-order valence-corrected chi connectivity index (χ1v) is 7.82. The lowest BCUT2D eigenvalue weighted by Gasteiger charge is -2.09. The number of hydrogen-bond acceptors (Lipinski definition) is 5. The maximum absolute atomic E-state index is 12.3. The lowest BCUT2D eigenvalue weighted by molar-refractivity contribution is 0.316. The summed E-state index contributed by atoms with van der Waals surface area (Å²) in [6.07, 6.45) is 3.94. The van der Waals surface area contributed by atoms with Gasteiger partial charge in [-0.3, -0.25) is 4.98 Å². The molecular weight excluding hydrogens is 292 g/mol. The van der Waals surface area contributed by atoms with E-state index >= 15 is 0 Å². The van der Waals surface area contributed by atoms with E-state index in [4.69, 9.17) is 10.9 Å². The zero-order valence-corrected chi connectivity index (χ0v) is 12.0. The van der Waals surface area contributed by atoms with Crippen molar-refractivity contribution < 1.29 is 13.6 Å². The molecule has 0 aliphatic rings. The zero-order chi connectivity index (χ0) is 15.3. The fourth-order valence-electron chi connectivity index (χ4n) is 1.93. The maximum atomic E-state index is 12.3. The third-order valence-electron chi connectivity index (χ3n) is 2.96. The molecule has 0 amide bonds. The van der Waals surface area contributed by atoms with Gasteiger partial charge in [-0.1, -0.05) is 17.3 Å². The summed E-state index contributed by atoms with van der Waals surface area (Å²) in [5.41, 5.74) is 5.32. The number of pyridine rings is 1. The van der Waals surface area contributed by atoms with Crippen molar-refractivity contribution in [3.05, 3.63) is 36.7 Å². The average molecular weight is 308 g/mol. The highest BCUT2D eigenvalue weighted by molar-refractivity contribution is 7.89. The van der Waals surface area contributed by atoms with Crippen molar-refractivity contribution in [3.8, 4) is 0 Å². The van der Waals surface area contributed by atoms with Gasteiger partial charge < -0.3 is 10.9 Å². The Balaban J connectivity index is 2.15. The first-order valence-electron chi connectivity index (χ1n) is 6.33. The molecule has 2 aromatic rings. The Labute approximate surface area is 122 Å². The first kappa shape index (κ1) is 15.2. The van der Waals surface area contributed by atoms with Crippen molar-refractivity contribution in [3.63, 3.8) is 0 Å². The molecule has 0 saturated carbocycles. The highest BCUT2D eigenvalue weighted by Crippen LogP contribution is 2.21. The van der Waals surface area contributed by atoms with Gasteiger partial charge in [0, 0.05) is 36.1 Å². The van der Waals surface area contributed by atoms with Crippen LogP contribution >= 0.6 is 0 Å². The molecule has 0 atom stereocenters. The van der Waals surface area contributed by atoms with Crippen LogP contribution in [0.5, 0.6) is 0 Å². The van der Waals surface area contributed by atoms with Crippen LogP contribution < -0.4 is 10.5 Å². The van der Waals surface area contributed by atoms with Gasteiger partial charge in [0.1, 0.15) is 5.84 Å². The molecule has 0 radical (unpaired) electrons. The first-order chi connectivity index (χ1) is 10.0. The van der Waals surface area contributed by atoms with Gasteiger partial charge >= 0.3 is 0 Å². The van der Waals surface area contributed by atoms with Crippen molar-refractivity contribution in [1.29, 1.82) is 0 Å². The second-order valence-electron chi connectivity index (χ2n) is 4.45. The molecule has 0 spiro atoms. The normalized spacial score (nSPS) is 12.7. The molecule has 21 heavy (non-hydrogen) atoms. The second kappa shape index (κ2) is 6.51. The number of amidine groups is 1. The average Bonchev–Trinajstić information content (AvgIpc) is 2.50. The van der Waals surface area contributed by atoms with Crippen LogP contribution in [0.15, 0.2) is 46.7 Å². The molecule has 0 aliphatic carbocycles. The van der Waals surface area contributed by atoms with Crippen LogP contribution in [0.4, 0.5) is 0 Å². The van der Waals surface area contributed by atoms with Gasteiger partial charge in [0.2, 0.25) is 10.0 Å². The quantitative estimate of drug-likeness (QED) is 0.242. The van der Waals surface area contributed by atoms with Crippen LogP contribution in [0.2, 0.25) is 0 Å². The lowest BCUT2D eigenvalue weighted by atomic mass is 10.2. The Hall–Kier alpha value is -2.19. The van der Waals surface area contributed by atoms with Crippen LogP contribution in [-0.2, 0) is 10.0 Å². The highest BCUT2D eigenvalue weighted by Gasteiger charge is 2.16. The minimum atomic E-state index is -3.61. The maximum Gasteiger partial charge on any atom is 0.241 e. The Morgan fingerprint density at radius 2 is 2.19 bits per heavy atom. The zero-order valence-electron chi connectivity index (χ0n) is 11.2. The molecule has 2 rings (SSSR count). The molecule has 0 bridgehead atoms. The molecule has 0 aliphatic heterocycles. The molecule has 0 unspecified atom stereocenters. The van der Waals surface area contributed by atoms with Gasteiger partial charge in [-0.15, -0.1) is 0 Å². The SMILES string of the molecule is NC(CCCNS(=O)(=O)c1cccc2cnccc12)=NO. The number of rotatable bonds is 6. The topological polar surface area (TPSA) is 118 Å². The molecule has 1 heterocycles. The molecular formula is C13H16N4O3S. The van der Waals surface area contributed by atoms with Crippen LogP contribution in [0.25, 0.3) is 10.8 Å². The van der Waals surface area contributed by atoms with E-state index in [0.29, 0.717) is 18.2 Å². The number of sulfonamides is 1. The van der Waals surface area contributed by atoms with Gasteiger partial charge in [-0.05, 0) is 18.6 Å². The number of benzene rings is 1. The summed E-state index contributed by atoms with van der Waals surface area (Å²) in [4.78, 5) is 4.19. The van der Waals surface area contributed by atoms with Gasteiger partial charge in [0.25, 0.3) is 0 Å². The van der Waals surface area contributed by atoms with Gasteiger partial charge in [-0.25, -0.2) is 13.1 Å². The molecule has 112 valence electrons. The fourth-order valence-corrected chi connectivity index (χ4v) is 3.23. The van der Waals surface area contributed by atoms with Crippen LogP contribution in [0.3, 0.4) is 0 Å². The van der Waals surface area contributed by atoms with E-state index in [1.54, 1.807) is 36.7 Å². The van der Waals surface area contributed by atoms with E-state index in [-0.39, 0.29) is 17.3 Å². The summed E-state index contributed by atoms with van der Waals surface area (Å²) in [7, 11) is -3.61. The van der Waals surface area contributed by atoms with Gasteiger partial charge in [0.05, 0.1) is 4.90 Å². The van der Waals surface area contributed by atoms with E-state index in [2.05, 4.69) is 14.9 Å². The summed E-state index contributed by atoms with van der Waals surface area (Å²) in [6.45, 7) is 0.208. The van der Waals surface area contributed by atoms with E-state index in [1.165, 1.54) is 0 Å². The standard InChI is InChI=1S/C13H16N4O3S/c14-13(17-18)5-2-7-16-21(19,20)12-4-1-3-10-9-15-8-6-11(10)12/h1,3-4,6,8-9,16,18H,2,5,7H2,(H2,14,17). The minimum absolute atomic E-state index is 0.0745. The van der Waals surface area contributed by atoms with E-state index in [9.17, 15) is 8.42 Å². The number of nitrogens with zero attached hydrogens (tertiary/aromatic N) is 2. The van der Waals surface area contributed by atoms with Crippen LogP contribution in [0, 0.1) is 0 Å². The van der Waals surface area contributed by atoms with Gasteiger partial charge in [0.15, 0.2) is 0 Å². The highest BCUT2D eigenvalue weighted by atomic mass is 32.2. The molecule has 1 aromatic carbocycles. The monoisotopic (exact) mass is 308 g/mol. The van der Waals surface area contributed by atoms with Crippen molar-refractivity contribution in [1.82, 2.24) is 9.71 Å². The lowest BCUT2D eigenvalue weighted by Crippen LogP contribution is -2.26. The Morgan fingerprint density at radius 1 is 1.38 bits per heavy atom. The second-order valence-corrected chi connectivity index (χ2v) is 6.18. The van der Waals surface area contributed by atoms with Crippen molar-refractivity contribution in [2.45, 2.75) is 17.7 Å². The molecule has 0 fully saturated rings. The Bertz CT molecular complexity index is 754. The van der Waals surface area contributed by atoms with Crippen LogP contribution in [-0.4, -0.2) is 31.0 Å². The predicted molar refractivity (Wildman–Crippen MR) is 79.6 cm³/mol. The smallest absolute Gasteiger partial charge is 0.241 e. The van der Waals surface area contributed by atoms with E-state index in [1.807, 2.05) is 0 Å². The number of fused-ring (bicyclic) bond motifs is 1. The fraction of sp³-hybridized carbons (Fsp3) is 0.231. The molecule has 8 heteroatoms. The van der Waals surface area contributed by atoms with Crippen LogP contribution in [0.1, 0.15) is 12.8 Å². The summed E-state index contributed by atoms with van der Waals surface area (Å²) in [5.74, 6) is 0.0745. The minimum Gasteiger partial charge on any atom is -0.409 e. The van der Waals surface area contributed by atoms with Crippen molar-refractivity contribution >= 4 is 26.6 Å². The summed E-state index contributed by atoms with van der Waals surface area (Å²) in [5, 5.41) is 12.6. The third-order valence-corrected chi connectivity index (χ3v) is 4.48. The predicted octanol–water partition coefficient (Wildman–Crippen LogP) is 1.04. The Morgan fingerprint density at radius 3 is 2.95 bits per heavy atom. The molecule has 0 saturated heterocycles. The number of nitrogens with one attached hydrogen (secondary N) is 1. The van der Waals surface area contributed by atoms with Crippen molar-refractivity contribution in [2.24, 2.45) is 10.9 Å². The molecule has 7 nitrogen and oxygen atoms in total. The van der Waals surface area contributed by atoms with Gasteiger partial charge in [-0.2, -0.15) is 0 Å². The van der Waals surface area contributed by atoms with E-state index < -0.39 is 10.0 Å². The largest absolute Gasteiger partial charge is 0.409 e. The van der Waals surface area contributed by atoms with Crippen molar-refractivity contribution in [2.75, 3.05) is 6.54 Å². The molecule has 1 aromatic heterocycles. The summed E-state index contributed by atoms with van der Waals surface area (Å²) >= 11 is 0. The molecule has 4 N–H and O–H groups in total. The number of hydrogen-bond donors (Lipinski definition) is 3. The number of nitrogens with two attached hydrogens (primary N) is 1. The number of aromatic nitrogens is 1. The summed E-state index contributed by atoms with van der Waals surface area (Å²) in [6, 6.07) is 6.70. The summed E-state index contributed by atoms with van der Waals surface area (Å²) < 4.78 is 27.1. The Kier molecular flexibility index (Phi) is 4.71. The number of oxime groups is 1. The van der Waals surface area contributed by atoms with E-state index in [0.717, 1.165) is 5.39 Å². The third kappa shape index (κ3) is 3.67.